The molecule has 0 saturated carbocycles. The molecule has 0 amide bonds. The zero-order valence-corrected chi connectivity index (χ0v) is 32.2. The summed E-state index contributed by atoms with van der Waals surface area (Å²) in [6.07, 6.45) is 8.83. The van der Waals surface area contributed by atoms with Gasteiger partial charge in [0.2, 0.25) is 0 Å². The average Bonchev–Trinajstić information content (AvgIpc) is 3.16. The summed E-state index contributed by atoms with van der Waals surface area (Å²) in [5, 5.41) is 0. The van der Waals surface area contributed by atoms with E-state index in [-0.39, 0.29) is 0 Å². The van der Waals surface area contributed by atoms with Gasteiger partial charge < -0.3 is 9.80 Å². The van der Waals surface area contributed by atoms with Crippen LogP contribution in [0, 0.1) is 41.5 Å². The topological polar surface area (TPSA) is 6.48 Å². The molecule has 0 N–H and O–H groups in total. The van der Waals surface area contributed by atoms with E-state index in [0.29, 0.717) is 0 Å². The van der Waals surface area contributed by atoms with Crippen molar-refractivity contribution in [3.63, 3.8) is 0 Å². The summed E-state index contributed by atoms with van der Waals surface area (Å²) in [6, 6.07) is 57.1. The highest BCUT2D eigenvalue weighted by atomic mass is 15.1. The van der Waals surface area contributed by atoms with E-state index in [4.69, 9.17) is 0 Å². The smallest absolute Gasteiger partial charge is 0.0464 e. The molecule has 0 aliphatic heterocycles. The van der Waals surface area contributed by atoms with Crippen LogP contribution in [0.25, 0.3) is 24.3 Å². The van der Waals surface area contributed by atoms with Gasteiger partial charge in [-0.1, -0.05) is 120 Å². The molecule has 2 heteroatoms. The Morgan fingerprint density at radius 2 is 0.648 bits per heavy atom. The second-order valence-electron chi connectivity index (χ2n) is 14.4. The van der Waals surface area contributed by atoms with Crippen LogP contribution in [-0.2, 0) is 0 Å². The third-order valence-electron chi connectivity index (χ3n) is 9.97. The molecule has 0 spiro atoms. The highest BCUT2D eigenvalue weighted by molar-refractivity contribution is 5.81. The molecule has 0 aliphatic rings. The second kappa shape index (κ2) is 16.1. The normalized spacial score (nSPS) is 11.4. The first-order chi connectivity index (χ1) is 26.2. The Morgan fingerprint density at radius 3 is 1.00 bits per heavy atom. The lowest BCUT2D eigenvalue weighted by Crippen LogP contribution is -2.10. The molecule has 0 unspecified atom stereocenters. The Bertz CT molecular complexity index is 2260. The predicted octanol–water partition coefficient (Wildman–Crippen LogP) is 14.8. The van der Waals surface area contributed by atoms with Gasteiger partial charge in [-0.2, -0.15) is 0 Å². The molecule has 0 heterocycles. The van der Waals surface area contributed by atoms with Gasteiger partial charge in [0.05, 0.1) is 0 Å². The van der Waals surface area contributed by atoms with Gasteiger partial charge in [-0.05, 0) is 159 Å². The first-order valence-electron chi connectivity index (χ1n) is 18.7. The largest absolute Gasteiger partial charge is 0.310 e. The van der Waals surface area contributed by atoms with E-state index in [2.05, 4.69) is 233 Å². The van der Waals surface area contributed by atoms with Gasteiger partial charge in [-0.3, -0.25) is 0 Å². The van der Waals surface area contributed by atoms with Crippen molar-refractivity contribution in [1.82, 2.24) is 0 Å². The maximum atomic E-state index is 2.33. The van der Waals surface area contributed by atoms with Gasteiger partial charge >= 0.3 is 0 Å². The van der Waals surface area contributed by atoms with Crippen molar-refractivity contribution in [2.75, 3.05) is 9.80 Å². The summed E-state index contributed by atoms with van der Waals surface area (Å²) in [5.74, 6) is 0. The van der Waals surface area contributed by atoms with Crippen LogP contribution in [0.15, 0.2) is 158 Å². The molecule has 0 atom stereocenters. The summed E-state index contributed by atoms with van der Waals surface area (Å²) in [4.78, 5) is 4.67. The third kappa shape index (κ3) is 8.46. The number of rotatable bonds is 10. The summed E-state index contributed by atoms with van der Waals surface area (Å²) < 4.78 is 0. The minimum atomic E-state index is 1.15. The Labute approximate surface area is 322 Å². The fraction of sp³-hybridized carbons (Fsp3) is 0.115. The molecule has 2 nitrogen and oxygen atoms in total. The number of anilines is 6. The summed E-state index contributed by atoms with van der Waals surface area (Å²) in [5.41, 5.74) is 19.1. The van der Waals surface area contributed by atoms with Crippen LogP contribution >= 0.6 is 0 Å². The third-order valence-corrected chi connectivity index (χ3v) is 9.97. The van der Waals surface area contributed by atoms with E-state index in [0.717, 1.165) is 34.1 Å². The SMILES string of the molecule is Cc1ccc(N(c2cccc(C)c2)c2ccc(/C=C/c3ccc(/C=C/c4ccc(N(c5ccc(C)cc5)c5cccc(C)c5)cc4C)cc3)c(C)c2)cc1. The molecular weight excluding hydrogens is 653 g/mol. The number of benzene rings is 7. The molecule has 0 radical (unpaired) electrons. The highest BCUT2D eigenvalue weighted by Gasteiger charge is 2.15. The predicted molar refractivity (Wildman–Crippen MR) is 235 cm³/mol. The Morgan fingerprint density at radius 1 is 0.296 bits per heavy atom. The first-order valence-corrected chi connectivity index (χ1v) is 18.7. The van der Waals surface area contributed by atoms with Crippen molar-refractivity contribution in [2.45, 2.75) is 41.5 Å². The average molecular weight is 701 g/mol. The number of nitrogens with zero attached hydrogens (tertiary/aromatic N) is 2. The van der Waals surface area contributed by atoms with Gasteiger partial charge in [0.1, 0.15) is 0 Å². The lowest BCUT2D eigenvalue weighted by Gasteiger charge is -2.26. The van der Waals surface area contributed by atoms with Crippen molar-refractivity contribution in [3.8, 4) is 0 Å². The number of hydrogen-bond acceptors (Lipinski definition) is 2. The first kappa shape index (κ1) is 36.0. The fourth-order valence-corrected chi connectivity index (χ4v) is 6.88. The van der Waals surface area contributed by atoms with E-state index in [1.807, 2.05) is 0 Å². The molecule has 266 valence electrons. The maximum absolute atomic E-state index is 2.33. The second-order valence-corrected chi connectivity index (χ2v) is 14.4. The monoisotopic (exact) mass is 700 g/mol. The van der Waals surface area contributed by atoms with Crippen molar-refractivity contribution < 1.29 is 0 Å². The quantitative estimate of drug-likeness (QED) is 0.131. The highest BCUT2D eigenvalue weighted by Crippen LogP contribution is 2.37. The molecule has 0 saturated heterocycles. The number of aryl methyl sites for hydroxylation is 6. The van der Waals surface area contributed by atoms with Crippen molar-refractivity contribution >= 4 is 58.4 Å². The Hall–Kier alpha value is -6.38. The van der Waals surface area contributed by atoms with Crippen LogP contribution in [0.5, 0.6) is 0 Å². The van der Waals surface area contributed by atoms with Gasteiger partial charge in [0.25, 0.3) is 0 Å². The van der Waals surface area contributed by atoms with Crippen LogP contribution in [0.3, 0.4) is 0 Å². The maximum Gasteiger partial charge on any atom is 0.0464 e. The van der Waals surface area contributed by atoms with Crippen LogP contribution in [0.2, 0.25) is 0 Å². The fourth-order valence-electron chi connectivity index (χ4n) is 6.88. The van der Waals surface area contributed by atoms with Crippen LogP contribution < -0.4 is 9.80 Å². The minimum Gasteiger partial charge on any atom is -0.310 e. The lowest BCUT2D eigenvalue weighted by molar-refractivity contribution is 1.25. The van der Waals surface area contributed by atoms with Gasteiger partial charge in [-0.25, -0.2) is 0 Å². The molecule has 0 fully saturated rings. The molecule has 7 aromatic rings. The van der Waals surface area contributed by atoms with Crippen LogP contribution in [-0.4, -0.2) is 0 Å². The molecule has 7 rings (SSSR count). The van der Waals surface area contributed by atoms with Crippen LogP contribution in [0.1, 0.15) is 55.6 Å². The Balaban J connectivity index is 1.06. The minimum absolute atomic E-state index is 1.15. The van der Waals surface area contributed by atoms with Crippen molar-refractivity contribution in [2.24, 2.45) is 0 Å². The van der Waals surface area contributed by atoms with Crippen LogP contribution in [0.4, 0.5) is 34.1 Å². The number of hydrogen-bond donors (Lipinski definition) is 0. The lowest BCUT2D eigenvalue weighted by atomic mass is 10.0. The van der Waals surface area contributed by atoms with E-state index >= 15 is 0 Å². The molecular formula is C52H48N2. The van der Waals surface area contributed by atoms with Gasteiger partial charge in [-0.15, -0.1) is 0 Å². The van der Waals surface area contributed by atoms with E-state index < -0.39 is 0 Å². The summed E-state index contributed by atoms with van der Waals surface area (Å²) in [6.45, 7) is 12.9. The standard InChI is InChI=1S/C52H48N2/c1-37-13-27-47(28-14-37)53(49-11-7-9-39(3)33-49)51-31-25-45(41(5)35-51)23-21-43-17-19-44(20-18-43)22-24-46-26-32-52(36-42(46)6)54(48-29-15-38(2)16-30-48)50-12-8-10-40(4)34-50/h7-36H,1-6H3/b23-21+,24-22+. The van der Waals surface area contributed by atoms with E-state index in [1.165, 1.54) is 55.6 Å². The molecule has 7 aromatic carbocycles. The summed E-state index contributed by atoms with van der Waals surface area (Å²) in [7, 11) is 0. The Kier molecular flexibility index (Phi) is 10.7. The molecule has 0 aromatic heterocycles. The zero-order valence-electron chi connectivity index (χ0n) is 32.2. The molecule has 54 heavy (non-hydrogen) atoms. The summed E-state index contributed by atoms with van der Waals surface area (Å²) >= 11 is 0. The van der Waals surface area contributed by atoms with Crippen molar-refractivity contribution in [3.05, 3.63) is 213 Å². The zero-order chi connectivity index (χ0) is 37.6. The van der Waals surface area contributed by atoms with E-state index in [1.54, 1.807) is 0 Å². The molecule has 0 bridgehead atoms. The van der Waals surface area contributed by atoms with E-state index in [9.17, 15) is 0 Å². The van der Waals surface area contributed by atoms with Gasteiger partial charge in [0.15, 0.2) is 0 Å². The van der Waals surface area contributed by atoms with Gasteiger partial charge in [0, 0.05) is 34.1 Å². The molecule has 0 aliphatic carbocycles. The van der Waals surface area contributed by atoms with Crippen molar-refractivity contribution in [1.29, 1.82) is 0 Å².